The molecule has 0 aliphatic heterocycles. The second-order valence-corrected chi connectivity index (χ2v) is 4.52. The first-order valence-corrected chi connectivity index (χ1v) is 5.85. The minimum atomic E-state index is -0.0983. The molecular weight excluding hydrogens is 236 g/mol. The van der Waals surface area contributed by atoms with E-state index in [9.17, 15) is 4.79 Å². The molecule has 0 atom stereocenters. The lowest BCUT2D eigenvalue weighted by atomic mass is 10.1. The Kier molecular flexibility index (Phi) is 3.10. The number of carbonyl (C=O) groups excluding carboxylic acids is 1. The second-order valence-electron chi connectivity index (χ2n) is 3.49. The quantitative estimate of drug-likeness (QED) is 0.848. The van der Waals surface area contributed by atoms with E-state index < -0.39 is 0 Å². The van der Waals surface area contributed by atoms with Crippen LogP contribution in [-0.2, 0) is 0 Å². The Hall–Kier alpha value is -1.88. The van der Waals surface area contributed by atoms with Crippen LogP contribution < -0.4 is 10.5 Å². The van der Waals surface area contributed by atoms with E-state index in [2.05, 4.69) is 4.98 Å². The van der Waals surface area contributed by atoms with Gasteiger partial charge in [-0.05, 0) is 12.1 Å². The molecule has 0 saturated carbocycles. The lowest BCUT2D eigenvalue weighted by molar-refractivity contribution is 0.101. The molecule has 88 valence electrons. The van der Waals surface area contributed by atoms with Crippen LogP contribution in [0.5, 0.6) is 5.75 Å². The molecule has 1 heterocycles. The minimum absolute atomic E-state index is 0.0983. The van der Waals surface area contributed by atoms with Crippen LogP contribution in [-0.4, -0.2) is 17.9 Å². The largest absolute Gasteiger partial charge is 0.496 e. The number of nitrogen functional groups attached to an aromatic ring is 1. The number of benzene rings is 1. The smallest absolute Gasteiger partial charge is 0.181 e. The summed E-state index contributed by atoms with van der Waals surface area (Å²) in [6, 6.07) is 7.49. The van der Waals surface area contributed by atoms with Gasteiger partial charge in [0.15, 0.2) is 10.9 Å². The Morgan fingerprint density at radius 1 is 1.41 bits per heavy atom. The molecule has 2 aromatic rings. The van der Waals surface area contributed by atoms with Gasteiger partial charge in [-0.3, -0.25) is 4.79 Å². The number of hydrogen-bond donors (Lipinski definition) is 1. The lowest BCUT2D eigenvalue weighted by Gasteiger charge is -2.06. The number of nitrogens with zero attached hydrogens (tertiary/aromatic N) is 1. The highest BCUT2D eigenvalue weighted by Gasteiger charge is 2.17. The molecular formula is C12H12N2O2S. The van der Waals surface area contributed by atoms with Crippen LogP contribution in [0.25, 0.3) is 10.4 Å². The van der Waals surface area contributed by atoms with Gasteiger partial charge >= 0.3 is 0 Å². The molecule has 0 radical (unpaired) electrons. The molecule has 5 heteroatoms. The number of anilines is 1. The topological polar surface area (TPSA) is 65.2 Å². The van der Waals surface area contributed by atoms with E-state index in [0.29, 0.717) is 16.6 Å². The van der Waals surface area contributed by atoms with Gasteiger partial charge in [-0.25, -0.2) is 4.98 Å². The molecule has 4 nitrogen and oxygen atoms in total. The third-order valence-electron chi connectivity index (χ3n) is 2.33. The van der Waals surface area contributed by atoms with Crippen molar-refractivity contribution in [2.45, 2.75) is 6.92 Å². The molecule has 0 fully saturated rings. The predicted molar refractivity (Wildman–Crippen MR) is 68.5 cm³/mol. The van der Waals surface area contributed by atoms with E-state index >= 15 is 0 Å². The fraction of sp³-hybridized carbons (Fsp3) is 0.167. The first-order valence-electron chi connectivity index (χ1n) is 5.04. The third kappa shape index (κ3) is 2.14. The first kappa shape index (κ1) is 11.6. The number of hydrogen-bond acceptors (Lipinski definition) is 5. The van der Waals surface area contributed by atoms with Crippen LogP contribution in [0.15, 0.2) is 24.3 Å². The summed E-state index contributed by atoms with van der Waals surface area (Å²) in [5.41, 5.74) is 6.90. The first-order chi connectivity index (χ1) is 8.13. The van der Waals surface area contributed by atoms with Crippen LogP contribution in [0.2, 0.25) is 0 Å². The van der Waals surface area contributed by atoms with Crippen molar-refractivity contribution in [2.75, 3.05) is 12.8 Å². The van der Waals surface area contributed by atoms with E-state index in [0.717, 1.165) is 10.4 Å². The van der Waals surface area contributed by atoms with E-state index in [4.69, 9.17) is 10.5 Å². The maximum atomic E-state index is 11.5. The van der Waals surface area contributed by atoms with Gasteiger partial charge in [0.05, 0.1) is 12.0 Å². The molecule has 0 amide bonds. The highest BCUT2D eigenvalue weighted by Crippen LogP contribution is 2.37. The monoisotopic (exact) mass is 248 g/mol. The van der Waals surface area contributed by atoms with Crippen LogP contribution in [0, 0.1) is 0 Å². The SMILES string of the molecule is COc1ccccc1-c1sc(N)nc1C(C)=O. The maximum absolute atomic E-state index is 11.5. The van der Waals surface area contributed by atoms with Gasteiger partial charge < -0.3 is 10.5 Å². The van der Waals surface area contributed by atoms with Gasteiger partial charge in [0.1, 0.15) is 11.4 Å². The van der Waals surface area contributed by atoms with Crippen LogP contribution >= 0.6 is 11.3 Å². The maximum Gasteiger partial charge on any atom is 0.181 e. The summed E-state index contributed by atoms with van der Waals surface area (Å²) in [5, 5.41) is 0.385. The highest BCUT2D eigenvalue weighted by molar-refractivity contribution is 7.19. The van der Waals surface area contributed by atoms with Crippen molar-refractivity contribution in [1.82, 2.24) is 4.98 Å². The summed E-state index contributed by atoms with van der Waals surface area (Å²) in [5.74, 6) is 0.609. The standard InChI is InChI=1S/C12H12N2O2S/c1-7(15)10-11(17-12(13)14-10)8-5-3-4-6-9(8)16-2/h3-6H,1-2H3,(H2,13,14). The molecule has 17 heavy (non-hydrogen) atoms. The summed E-state index contributed by atoms with van der Waals surface area (Å²) in [6.07, 6.45) is 0. The Bertz CT molecular complexity index is 563. The summed E-state index contributed by atoms with van der Waals surface area (Å²) in [7, 11) is 1.59. The van der Waals surface area contributed by atoms with Crippen LogP contribution in [0.3, 0.4) is 0 Å². The second kappa shape index (κ2) is 4.55. The lowest BCUT2D eigenvalue weighted by Crippen LogP contribution is -1.96. The van der Waals surface area contributed by atoms with Crippen molar-refractivity contribution in [3.63, 3.8) is 0 Å². The number of para-hydroxylation sites is 1. The van der Waals surface area contributed by atoms with Gasteiger partial charge in [-0.15, -0.1) is 0 Å². The van der Waals surface area contributed by atoms with E-state index in [1.165, 1.54) is 18.3 Å². The van der Waals surface area contributed by atoms with Crippen LogP contribution in [0.1, 0.15) is 17.4 Å². The molecule has 2 rings (SSSR count). The van der Waals surface area contributed by atoms with Crippen molar-refractivity contribution >= 4 is 22.3 Å². The number of carbonyl (C=O) groups is 1. The number of nitrogens with two attached hydrogens (primary N) is 1. The van der Waals surface area contributed by atoms with Crippen molar-refractivity contribution in [3.8, 4) is 16.2 Å². The Balaban J connectivity index is 2.63. The van der Waals surface area contributed by atoms with Crippen molar-refractivity contribution in [3.05, 3.63) is 30.0 Å². The van der Waals surface area contributed by atoms with E-state index in [1.54, 1.807) is 7.11 Å². The Morgan fingerprint density at radius 2 is 2.12 bits per heavy atom. The van der Waals surface area contributed by atoms with Crippen LogP contribution in [0.4, 0.5) is 5.13 Å². The number of rotatable bonds is 3. The average molecular weight is 248 g/mol. The van der Waals surface area contributed by atoms with E-state index in [1.807, 2.05) is 24.3 Å². The van der Waals surface area contributed by atoms with Gasteiger partial charge in [0.2, 0.25) is 0 Å². The average Bonchev–Trinajstić information content (AvgIpc) is 2.71. The fourth-order valence-electron chi connectivity index (χ4n) is 1.59. The number of Topliss-reactive ketones (excluding diaryl/α,β-unsaturated/α-hetero) is 1. The third-order valence-corrected chi connectivity index (χ3v) is 3.25. The molecule has 0 unspecified atom stereocenters. The number of ketones is 1. The van der Waals surface area contributed by atoms with Gasteiger partial charge in [0, 0.05) is 12.5 Å². The van der Waals surface area contributed by atoms with Crippen molar-refractivity contribution < 1.29 is 9.53 Å². The zero-order valence-electron chi connectivity index (χ0n) is 9.56. The molecule has 0 bridgehead atoms. The Labute approximate surface area is 103 Å². The number of thiazole rings is 1. The molecule has 1 aromatic heterocycles. The summed E-state index contributed by atoms with van der Waals surface area (Å²) >= 11 is 1.29. The van der Waals surface area contributed by atoms with Gasteiger partial charge in [-0.2, -0.15) is 0 Å². The molecule has 1 aromatic carbocycles. The molecule has 0 spiro atoms. The zero-order valence-corrected chi connectivity index (χ0v) is 10.4. The van der Waals surface area contributed by atoms with Gasteiger partial charge in [0.25, 0.3) is 0 Å². The number of aromatic nitrogens is 1. The molecule has 0 aliphatic carbocycles. The molecule has 0 aliphatic rings. The number of ether oxygens (including phenoxy) is 1. The Morgan fingerprint density at radius 3 is 2.76 bits per heavy atom. The van der Waals surface area contributed by atoms with Gasteiger partial charge in [-0.1, -0.05) is 23.5 Å². The summed E-state index contributed by atoms with van der Waals surface area (Å²) in [4.78, 5) is 16.3. The molecule has 0 saturated heterocycles. The summed E-state index contributed by atoms with van der Waals surface area (Å²) in [6.45, 7) is 1.48. The molecule has 2 N–H and O–H groups in total. The van der Waals surface area contributed by atoms with E-state index in [-0.39, 0.29) is 5.78 Å². The fourth-order valence-corrected chi connectivity index (χ4v) is 2.50. The van der Waals surface area contributed by atoms with Crippen molar-refractivity contribution in [1.29, 1.82) is 0 Å². The minimum Gasteiger partial charge on any atom is -0.496 e. The van der Waals surface area contributed by atoms with Crippen molar-refractivity contribution in [2.24, 2.45) is 0 Å². The zero-order chi connectivity index (χ0) is 12.4. The number of methoxy groups -OCH3 is 1. The summed E-state index contributed by atoms with van der Waals surface area (Å²) < 4.78 is 5.27. The highest BCUT2D eigenvalue weighted by atomic mass is 32.1. The normalized spacial score (nSPS) is 10.2. The predicted octanol–water partition coefficient (Wildman–Crippen LogP) is 2.60.